The second-order valence-electron chi connectivity index (χ2n) is 8.68. The Hall–Kier alpha value is -5.03. The topological polar surface area (TPSA) is 106 Å². The largest absolute Gasteiger partial charge is 0.493 e. The van der Waals surface area contributed by atoms with Gasteiger partial charge in [-0.1, -0.05) is 46.3 Å². The van der Waals surface area contributed by atoms with Crippen LogP contribution < -0.4 is 25.4 Å². The van der Waals surface area contributed by atoms with Crippen molar-refractivity contribution in [3.63, 3.8) is 0 Å². The maximum absolute atomic E-state index is 14.2. The molecule has 3 N–H and O–H groups in total. The minimum absolute atomic E-state index is 0.144. The van der Waals surface area contributed by atoms with Crippen molar-refractivity contribution in [2.24, 2.45) is 0 Å². The van der Waals surface area contributed by atoms with Crippen LogP contribution in [0.3, 0.4) is 0 Å². The van der Waals surface area contributed by atoms with Crippen LogP contribution in [0.15, 0.2) is 101 Å². The molecule has 0 aliphatic rings. The third kappa shape index (κ3) is 8.01. The van der Waals surface area contributed by atoms with E-state index in [1.54, 1.807) is 24.3 Å². The molecule has 0 saturated heterocycles. The number of ether oxygens (including phenoxy) is 2. The van der Waals surface area contributed by atoms with Gasteiger partial charge >= 0.3 is 0 Å². The molecule has 0 spiro atoms. The molecule has 0 saturated carbocycles. The summed E-state index contributed by atoms with van der Waals surface area (Å²) in [6.07, 6.45) is 1.24. The standard InChI is InChI=1S/C31H24BrF2N3O5/c1-41-28-17-19(10-15-27(28)42-18-29(38)35-21-13-11-20(32)12-14-21)16-22(30(39)36-25-8-4-2-6-23(25)33)31(40)37-26-9-5-3-7-24(26)34/h2-17H,18H2,1H3,(H,35,38)(H,36,39)(H,37,40). The van der Waals surface area contributed by atoms with Crippen molar-refractivity contribution in [2.75, 3.05) is 29.7 Å². The highest BCUT2D eigenvalue weighted by Crippen LogP contribution is 2.29. The molecule has 0 atom stereocenters. The summed E-state index contributed by atoms with van der Waals surface area (Å²) in [6, 6.07) is 22.4. The zero-order valence-corrected chi connectivity index (χ0v) is 23.7. The molecule has 3 amide bonds. The number of methoxy groups -OCH3 is 1. The Kier molecular flexibility index (Phi) is 10.0. The van der Waals surface area contributed by atoms with E-state index in [2.05, 4.69) is 31.9 Å². The average Bonchev–Trinajstić information content (AvgIpc) is 2.98. The smallest absolute Gasteiger partial charge is 0.262 e. The van der Waals surface area contributed by atoms with Crippen molar-refractivity contribution >= 4 is 56.8 Å². The van der Waals surface area contributed by atoms with E-state index in [0.29, 0.717) is 11.3 Å². The number of anilines is 3. The normalized spacial score (nSPS) is 10.3. The summed E-state index contributed by atoms with van der Waals surface area (Å²) in [4.78, 5) is 38.6. The van der Waals surface area contributed by atoms with Crippen molar-refractivity contribution in [3.8, 4) is 11.5 Å². The number of halogens is 3. The number of rotatable bonds is 10. The van der Waals surface area contributed by atoms with E-state index >= 15 is 0 Å². The number of para-hydroxylation sites is 2. The van der Waals surface area contributed by atoms with E-state index in [1.165, 1.54) is 67.8 Å². The van der Waals surface area contributed by atoms with Gasteiger partial charge in [-0.25, -0.2) is 8.78 Å². The molecule has 0 radical (unpaired) electrons. The molecule has 0 aromatic heterocycles. The predicted octanol–water partition coefficient (Wildman–Crippen LogP) is 6.41. The first kappa shape index (κ1) is 29.9. The number of nitrogens with one attached hydrogen (secondary N) is 3. The predicted molar refractivity (Wildman–Crippen MR) is 159 cm³/mol. The Balaban J connectivity index is 1.56. The first-order valence-corrected chi connectivity index (χ1v) is 13.2. The van der Waals surface area contributed by atoms with Gasteiger partial charge in [0.25, 0.3) is 17.7 Å². The van der Waals surface area contributed by atoms with Crippen LogP contribution in [0.5, 0.6) is 11.5 Å². The molecule has 0 aliphatic carbocycles. The third-order valence-corrected chi connectivity index (χ3v) is 6.25. The van der Waals surface area contributed by atoms with Crippen LogP contribution >= 0.6 is 15.9 Å². The molecule has 11 heteroatoms. The van der Waals surface area contributed by atoms with Crippen molar-refractivity contribution in [1.82, 2.24) is 0 Å². The van der Waals surface area contributed by atoms with Crippen LogP contribution in [-0.2, 0) is 14.4 Å². The van der Waals surface area contributed by atoms with Crippen LogP contribution in [-0.4, -0.2) is 31.4 Å². The molecule has 0 aliphatic heterocycles. The summed E-state index contributed by atoms with van der Waals surface area (Å²) in [5.74, 6) is -3.23. The van der Waals surface area contributed by atoms with Crippen molar-refractivity contribution in [2.45, 2.75) is 0 Å². The summed E-state index contributed by atoms with van der Waals surface area (Å²) in [6.45, 7) is -0.317. The third-order valence-electron chi connectivity index (χ3n) is 5.72. The Labute approximate surface area is 248 Å². The number of carbonyl (C=O) groups excluding carboxylic acids is 3. The fraction of sp³-hybridized carbons (Fsp3) is 0.0645. The molecule has 4 rings (SSSR count). The van der Waals surface area contributed by atoms with Gasteiger partial charge in [0.15, 0.2) is 18.1 Å². The summed E-state index contributed by atoms with van der Waals surface area (Å²) in [7, 11) is 1.38. The molecule has 214 valence electrons. The summed E-state index contributed by atoms with van der Waals surface area (Å²) < 4.78 is 40.3. The lowest BCUT2D eigenvalue weighted by Crippen LogP contribution is -2.26. The lowest BCUT2D eigenvalue weighted by atomic mass is 10.1. The number of hydrogen-bond acceptors (Lipinski definition) is 5. The van der Waals surface area contributed by atoms with E-state index in [1.807, 2.05) is 0 Å². The van der Waals surface area contributed by atoms with Crippen LogP contribution in [0.1, 0.15) is 5.56 Å². The summed E-state index contributed by atoms with van der Waals surface area (Å²) >= 11 is 3.33. The van der Waals surface area contributed by atoms with Gasteiger partial charge in [-0.15, -0.1) is 0 Å². The van der Waals surface area contributed by atoms with Crippen molar-refractivity contribution < 1.29 is 32.6 Å². The maximum atomic E-state index is 14.2. The molecule has 42 heavy (non-hydrogen) atoms. The molecule has 0 fully saturated rings. The van der Waals surface area contributed by atoms with E-state index < -0.39 is 34.9 Å². The minimum Gasteiger partial charge on any atom is -0.493 e. The van der Waals surface area contributed by atoms with Gasteiger partial charge in [-0.05, 0) is 72.3 Å². The Bertz CT molecular complexity index is 1580. The van der Waals surface area contributed by atoms with Gasteiger partial charge in [-0.3, -0.25) is 14.4 Å². The van der Waals surface area contributed by atoms with Gasteiger partial charge in [0.2, 0.25) is 0 Å². The number of benzene rings is 4. The first-order valence-electron chi connectivity index (χ1n) is 12.4. The van der Waals surface area contributed by atoms with Crippen LogP contribution in [0.25, 0.3) is 6.08 Å². The van der Waals surface area contributed by atoms with Gasteiger partial charge in [0, 0.05) is 10.2 Å². The second kappa shape index (κ2) is 14.0. The van der Waals surface area contributed by atoms with E-state index in [0.717, 1.165) is 16.6 Å². The molecule has 4 aromatic rings. The lowest BCUT2D eigenvalue weighted by molar-refractivity contribution is -0.119. The highest BCUT2D eigenvalue weighted by atomic mass is 79.9. The maximum Gasteiger partial charge on any atom is 0.262 e. The second-order valence-corrected chi connectivity index (χ2v) is 9.60. The van der Waals surface area contributed by atoms with Gasteiger partial charge < -0.3 is 25.4 Å². The van der Waals surface area contributed by atoms with Gasteiger partial charge in [-0.2, -0.15) is 0 Å². The molecular weight excluding hydrogens is 612 g/mol. The summed E-state index contributed by atoms with van der Waals surface area (Å²) in [5.41, 5.74) is 0.200. The molecule has 8 nitrogen and oxygen atoms in total. The molecular formula is C31H24BrF2N3O5. The highest BCUT2D eigenvalue weighted by Gasteiger charge is 2.21. The van der Waals surface area contributed by atoms with Crippen molar-refractivity contribution in [1.29, 1.82) is 0 Å². The van der Waals surface area contributed by atoms with E-state index in [4.69, 9.17) is 9.47 Å². The van der Waals surface area contributed by atoms with Crippen LogP contribution in [0.2, 0.25) is 0 Å². The molecule has 0 heterocycles. The number of hydrogen-bond donors (Lipinski definition) is 3. The Morgan fingerprint density at radius 3 is 1.88 bits per heavy atom. The molecule has 4 aromatic carbocycles. The fourth-order valence-electron chi connectivity index (χ4n) is 3.67. The first-order chi connectivity index (χ1) is 20.2. The number of carbonyl (C=O) groups is 3. The average molecular weight is 636 g/mol. The molecule has 0 bridgehead atoms. The fourth-order valence-corrected chi connectivity index (χ4v) is 3.94. The zero-order valence-electron chi connectivity index (χ0n) is 22.1. The van der Waals surface area contributed by atoms with Crippen molar-refractivity contribution in [3.05, 3.63) is 118 Å². The van der Waals surface area contributed by atoms with E-state index in [-0.39, 0.29) is 29.5 Å². The Morgan fingerprint density at radius 2 is 1.33 bits per heavy atom. The SMILES string of the molecule is COc1cc(C=C(C(=O)Nc2ccccc2F)C(=O)Nc2ccccc2F)ccc1OCC(=O)Nc1ccc(Br)cc1. The van der Waals surface area contributed by atoms with Crippen LogP contribution in [0, 0.1) is 11.6 Å². The highest BCUT2D eigenvalue weighted by molar-refractivity contribution is 9.10. The quantitative estimate of drug-likeness (QED) is 0.106. The molecule has 0 unspecified atom stereocenters. The Morgan fingerprint density at radius 1 is 0.762 bits per heavy atom. The zero-order chi connectivity index (χ0) is 30.1. The van der Waals surface area contributed by atoms with E-state index in [9.17, 15) is 23.2 Å². The van der Waals surface area contributed by atoms with Gasteiger partial charge in [0.1, 0.15) is 17.2 Å². The monoisotopic (exact) mass is 635 g/mol. The lowest BCUT2D eigenvalue weighted by Gasteiger charge is -2.13. The van der Waals surface area contributed by atoms with Crippen LogP contribution in [0.4, 0.5) is 25.8 Å². The van der Waals surface area contributed by atoms with Gasteiger partial charge in [0.05, 0.1) is 18.5 Å². The summed E-state index contributed by atoms with van der Waals surface area (Å²) in [5, 5.41) is 7.45. The minimum atomic E-state index is -0.933. The number of amides is 3.